The standard InChI is InChI=1S/C45H74NO8P/c1-3-5-7-9-11-13-15-16-17-18-19-20-21-22-23-24-25-26-28-30-32-34-36-38-45(48)54-43(42-53-55(49,50)52-40-39-46)41-51-44(47)37-35-33-31-29-27-14-12-10-8-6-4-2/h5,7,10-13,16-17,19-20,22-23,25-26,30,32,43H,3-4,6,8-9,14-15,18,21,24,27-29,31,33-42,46H2,1-2H3,(H,49,50)/b7-5-,12-10-,13-11-,17-16-,20-19-,23-22-,26-25-,32-30-. The first-order valence-corrected chi connectivity index (χ1v) is 22.2. The number of phosphoric ester groups is 1. The summed E-state index contributed by atoms with van der Waals surface area (Å²) in [4.78, 5) is 34.7. The number of hydrogen-bond acceptors (Lipinski definition) is 8. The summed E-state index contributed by atoms with van der Waals surface area (Å²) in [6.07, 6.45) is 51.6. The summed E-state index contributed by atoms with van der Waals surface area (Å²) in [5, 5.41) is 0. The van der Waals surface area contributed by atoms with Crippen LogP contribution in [0.2, 0.25) is 0 Å². The molecule has 0 saturated carbocycles. The number of esters is 2. The Morgan fingerprint density at radius 3 is 1.56 bits per heavy atom. The monoisotopic (exact) mass is 788 g/mol. The van der Waals surface area contributed by atoms with Gasteiger partial charge in [-0.25, -0.2) is 4.57 Å². The number of allylic oxidation sites excluding steroid dienone is 16. The van der Waals surface area contributed by atoms with Gasteiger partial charge in [-0.15, -0.1) is 0 Å². The fourth-order valence-corrected chi connectivity index (χ4v) is 5.66. The first-order chi connectivity index (χ1) is 26.8. The molecular formula is C45H74NO8P. The van der Waals surface area contributed by atoms with Gasteiger partial charge in [-0.3, -0.25) is 18.6 Å². The van der Waals surface area contributed by atoms with Crippen molar-refractivity contribution in [1.29, 1.82) is 0 Å². The maximum absolute atomic E-state index is 12.5. The Balaban J connectivity index is 4.31. The molecule has 9 nitrogen and oxygen atoms in total. The molecule has 0 aliphatic heterocycles. The van der Waals surface area contributed by atoms with Crippen molar-refractivity contribution >= 4 is 19.8 Å². The maximum Gasteiger partial charge on any atom is 0.472 e. The van der Waals surface area contributed by atoms with Crippen molar-refractivity contribution in [3.05, 3.63) is 97.2 Å². The van der Waals surface area contributed by atoms with Crippen LogP contribution < -0.4 is 5.73 Å². The Kier molecular flexibility index (Phi) is 38.3. The van der Waals surface area contributed by atoms with Gasteiger partial charge in [0, 0.05) is 19.4 Å². The van der Waals surface area contributed by atoms with Gasteiger partial charge in [-0.2, -0.15) is 0 Å². The van der Waals surface area contributed by atoms with E-state index in [-0.39, 0.29) is 32.6 Å². The smallest absolute Gasteiger partial charge is 0.462 e. The summed E-state index contributed by atoms with van der Waals surface area (Å²) in [6.45, 7) is 3.46. The maximum atomic E-state index is 12.5. The van der Waals surface area contributed by atoms with Crippen LogP contribution in [0.4, 0.5) is 0 Å². The first kappa shape index (κ1) is 51.9. The molecule has 0 amide bonds. The Morgan fingerprint density at radius 2 is 1.02 bits per heavy atom. The number of ether oxygens (including phenoxy) is 2. The first-order valence-electron chi connectivity index (χ1n) is 20.7. The number of rotatable bonds is 37. The van der Waals surface area contributed by atoms with Crippen molar-refractivity contribution < 1.29 is 37.6 Å². The molecule has 0 heterocycles. The highest BCUT2D eigenvalue weighted by atomic mass is 31.2. The molecule has 0 aromatic carbocycles. The lowest BCUT2D eigenvalue weighted by atomic mass is 10.1. The van der Waals surface area contributed by atoms with Crippen molar-refractivity contribution in [2.45, 2.75) is 148 Å². The van der Waals surface area contributed by atoms with Gasteiger partial charge in [-0.05, 0) is 83.5 Å². The third-order valence-corrected chi connectivity index (χ3v) is 8.94. The summed E-state index contributed by atoms with van der Waals surface area (Å²) < 4.78 is 32.6. The van der Waals surface area contributed by atoms with E-state index in [1.807, 2.05) is 6.08 Å². The fraction of sp³-hybridized carbons (Fsp3) is 0.600. The van der Waals surface area contributed by atoms with E-state index in [9.17, 15) is 19.0 Å². The van der Waals surface area contributed by atoms with E-state index in [0.29, 0.717) is 19.3 Å². The van der Waals surface area contributed by atoms with Crippen LogP contribution in [0.3, 0.4) is 0 Å². The Hall–Kier alpha value is -3.07. The number of nitrogens with two attached hydrogens (primary N) is 1. The molecule has 0 saturated heterocycles. The van der Waals surface area contributed by atoms with E-state index in [4.69, 9.17) is 24.3 Å². The summed E-state index contributed by atoms with van der Waals surface area (Å²) in [7, 11) is -4.40. The number of phosphoric acid groups is 1. The van der Waals surface area contributed by atoms with Crippen LogP contribution in [0.25, 0.3) is 0 Å². The molecule has 0 rings (SSSR count). The van der Waals surface area contributed by atoms with Gasteiger partial charge in [0.25, 0.3) is 0 Å². The summed E-state index contributed by atoms with van der Waals surface area (Å²) >= 11 is 0. The molecule has 0 aliphatic rings. The fourth-order valence-electron chi connectivity index (χ4n) is 4.90. The van der Waals surface area contributed by atoms with Crippen LogP contribution >= 0.6 is 7.82 Å². The lowest BCUT2D eigenvalue weighted by Gasteiger charge is -2.19. The van der Waals surface area contributed by atoms with Crippen molar-refractivity contribution in [1.82, 2.24) is 0 Å². The van der Waals surface area contributed by atoms with Crippen molar-refractivity contribution in [2.75, 3.05) is 26.4 Å². The van der Waals surface area contributed by atoms with Crippen LogP contribution in [0, 0.1) is 0 Å². The summed E-state index contributed by atoms with van der Waals surface area (Å²) in [6, 6.07) is 0. The molecule has 312 valence electrons. The molecule has 0 aliphatic carbocycles. The van der Waals surface area contributed by atoms with Gasteiger partial charge in [0.2, 0.25) is 0 Å². The molecule has 0 aromatic rings. The van der Waals surface area contributed by atoms with Gasteiger partial charge in [0.15, 0.2) is 6.10 Å². The largest absolute Gasteiger partial charge is 0.472 e. The minimum atomic E-state index is -4.40. The van der Waals surface area contributed by atoms with Crippen molar-refractivity contribution in [3.63, 3.8) is 0 Å². The molecule has 2 atom stereocenters. The molecule has 0 spiro atoms. The molecule has 55 heavy (non-hydrogen) atoms. The quantitative estimate of drug-likeness (QED) is 0.0273. The van der Waals surface area contributed by atoms with Gasteiger partial charge in [0.1, 0.15) is 6.61 Å². The molecule has 0 bridgehead atoms. The van der Waals surface area contributed by atoms with Crippen molar-refractivity contribution in [2.24, 2.45) is 5.73 Å². The summed E-state index contributed by atoms with van der Waals surface area (Å²) in [5.41, 5.74) is 5.33. The lowest BCUT2D eigenvalue weighted by Crippen LogP contribution is -2.29. The molecular weight excluding hydrogens is 713 g/mol. The minimum Gasteiger partial charge on any atom is -0.462 e. The van der Waals surface area contributed by atoms with Crippen LogP contribution in [-0.2, 0) is 32.7 Å². The zero-order valence-corrected chi connectivity index (χ0v) is 35.0. The molecule has 0 fully saturated rings. The molecule has 3 N–H and O–H groups in total. The SMILES string of the molecule is CC/C=C\C/C=C\C/C=C\C/C=C\C/C=C\C/C=C\C/C=C\CCCC(=O)OC(COC(=O)CCCCCCC/C=C\CCCC)COP(=O)(O)OCCN. The zero-order valence-electron chi connectivity index (χ0n) is 34.1. The van der Waals surface area contributed by atoms with Gasteiger partial charge < -0.3 is 20.1 Å². The van der Waals surface area contributed by atoms with E-state index in [1.165, 1.54) is 12.8 Å². The Bertz CT molecular complexity index is 1220. The predicted octanol–water partition coefficient (Wildman–Crippen LogP) is 11.8. The van der Waals surface area contributed by atoms with Gasteiger partial charge >= 0.3 is 19.8 Å². The molecule has 0 radical (unpaired) electrons. The average Bonchev–Trinajstić information content (AvgIpc) is 3.17. The number of hydrogen-bond donors (Lipinski definition) is 2. The topological polar surface area (TPSA) is 134 Å². The van der Waals surface area contributed by atoms with Gasteiger partial charge in [-0.1, -0.05) is 143 Å². The van der Waals surface area contributed by atoms with E-state index in [0.717, 1.165) is 83.5 Å². The van der Waals surface area contributed by atoms with Crippen LogP contribution in [-0.4, -0.2) is 49.3 Å². The Labute approximate surface area is 334 Å². The van der Waals surface area contributed by atoms with Crippen LogP contribution in [0.1, 0.15) is 142 Å². The van der Waals surface area contributed by atoms with Crippen LogP contribution in [0.5, 0.6) is 0 Å². The van der Waals surface area contributed by atoms with E-state index >= 15 is 0 Å². The molecule has 2 unspecified atom stereocenters. The molecule has 0 aromatic heterocycles. The second-order valence-electron chi connectivity index (χ2n) is 13.1. The highest BCUT2D eigenvalue weighted by Gasteiger charge is 2.25. The van der Waals surface area contributed by atoms with E-state index in [2.05, 4.69) is 105 Å². The highest BCUT2D eigenvalue weighted by Crippen LogP contribution is 2.43. The van der Waals surface area contributed by atoms with Gasteiger partial charge in [0.05, 0.1) is 13.2 Å². The number of carbonyl (C=O) groups is 2. The Morgan fingerprint density at radius 1 is 0.564 bits per heavy atom. The van der Waals surface area contributed by atoms with E-state index in [1.54, 1.807) is 0 Å². The van der Waals surface area contributed by atoms with E-state index < -0.39 is 32.5 Å². The second-order valence-corrected chi connectivity index (χ2v) is 14.6. The average molecular weight is 788 g/mol. The summed E-state index contributed by atoms with van der Waals surface area (Å²) in [5.74, 6) is -0.922. The van der Waals surface area contributed by atoms with Crippen LogP contribution in [0.15, 0.2) is 97.2 Å². The third-order valence-electron chi connectivity index (χ3n) is 7.95. The zero-order chi connectivity index (χ0) is 40.3. The van der Waals surface area contributed by atoms with Crippen molar-refractivity contribution in [3.8, 4) is 0 Å². The highest BCUT2D eigenvalue weighted by molar-refractivity contribution is 7.47. The number of unbranched alkanes of at least 4 members (excludes halogenated alkanes) is 8. The second kappa shape index (κ2) is 40.6. The third kappa shape index (κ3) is 40.4. The normalized spacial score (nSPS) is 14.3. The lowest BCUT2D eigenvalue weighted by molar-refractivity contribution is -0.161. The molecule has 10 heteroatoms. The number of carbonyl (C=O) groups excluding carboxylic acids is 2. The predicted molar refractivity (Wildman–Crippen MR) is 228 cm³/mol. The minimum absolute atomic E-state index is 0.0376.